The summed E-state index contributed by atoms with van der Waals surface area (Å²) in [6, 6.07) is 3.83. The molecule has 140 valence electrons. The molecule has 0 aliphatic carbocycles. The first-order chi connectivity index (χ1) is 12.4. The molecule has 7 nitrogen and oxygen atoms in total. The maximum Gasteiger partial charge on any atom is 0.271 e. The highest BCUT2D eigenvalue weighted by molar-refractivity contribution is 8.14. The van der Waals surface area contributed by atoms with Crippen molar-refractivity contribution in [3.63, 3.8) is 0 Å². The van der Waals surface area contributed by atoms with E-state index < -0.39 is 0 Å². The highest BCUT2D eigenvalue weighted by Gasteiger charge is 2.33. The number of hydrogen-bond donors (Lipinski definition) is 1. The predicted octanol–water partition coefficient (Wildman–Crippen LogP) is 3.67. The van der Waals surface area contributed by atoms with Gasteiger partial charge in [0.1, 0.15) is 0 Å². The topological polar surface area (TPSA) is 77.8 Å². The standard InChI is InChI=1S/C18H23N3O4S/c1-9(2)21-17-13(18(22)20-21)16(26-10(3)19-17)11-7-8-12(23-4)15(25-6)14(11)24-5/h7-9,16H,1-6H3,(H,20,22). The zero-order valence-corrected chi connectivity index (χ0v) is 16.6. The number of hydrogen-bond acceptors (Lipinski definition) is 6. The van der Waals surface area contributed by atoms with Crippen LogP contribution in [-0.2, 0) is 0 Å². The van der Waals surface area contributed by atoms with Crippen molar-refractivity contribution in [3.8, 4) is 17.2 Å². The van der Waals surface area contributed by atoms with Gasteiger partial charge in [-0.05, 0) is 32.9 Å². The zero-order chi connectivity index (χ0) is 19.0. The van der Waals surface area contributed by atoms with Crippen LogP contribution in [0.5, 0.6) is 17.2 Å². The summed E-state index contributed by atoms with van der Waals surface area (Å²) in [5.41, 5.74) is 1.33. The second kappa shape index (κ2) is 7.11. The molecule has 1 N–H and O–H groups in total. The van der Waals surface area contributed by atoms with Crippen LogP contribution < -0.4 is 19.8 Å². The molecule has 1 aliphatic rings. The molecule has 1 unspecified atom stereocenters. The number of aromatic amines is 1. The number of methoxy groups -OCH3 is 3. The summed E-state index contributed by atoms with van der Waals surface area (Å²) in [6.07, 6.45) is 0. The Bertz CT molecular complexity index is 914. The molecule has 1 aliphatic heterocycles. The first-order valence-corrected chi connectivity index (χ1v) is 9.16. The average Bonchev–Trinajstić information content (AvgIpc) is 2.96. The highest BCUT2D eigenvalue weighted by Crippen LogP contribution is 2.50. The number of ether oxygens (including phenoxy) is 3. The fraction of sp³-hybridized carbons (Fsp3) is 0.444. The van der Waals surface area contributed by atoms with Crippen molar-refractivity contribution in [3.05, 3.63) is 33.6 Å². The molecule has 3 rings (SSSR count). The van der Waals surface area contributed by atoms with Gasteiger partial charge in [-0.2, -0.15) is 0 Å². The SMILES string of the molecule is COc1ccc(C2SC(C)=Nc3c2c(=O)[nH]n3C(C)C)c(OC)c1OC. The lowest BCUT2D eigenvalue weighted by Gasteiger charge is -2.24. The summed E-state index contributed by atoms with van der Waals surface area (Å²) < 4.78 is 18.3. The number of benzene rings is 1. The number of rotatable bonds is 5. The van der Waals surface area contributed by atoms with Gasteiger partial charge in [-0.1, -0.05) is 11.8 Å². The number of fused-ring (bicyclic) bond motifs is 1. The van der Waals surface area contributed by atoms with Gasteiger partial charge in [0.2, 0.25) is 5.75 Å². The molecule has 2 heterocycles. The predicted molar refractivity (Wildman–Crippen MR) is 104 cm³/mol. The summed E-state index contributed by atoms with van der Waals surface area (Å²) in [6.45, 7) is 5.96. The number of nitrogens with one attached hydrogen (secondary N) is 1. The van der Waals surface area contributed by atoms with Crippen LogP contribution >= 0.6 is 11.8 Å². The van der Waals surface area contributed by atoms with E-state index in [1.807, 2.05) is 32.9 Å². The molecule has 8 heteroatoms. The van der Waals surface area contributed by atoms with Crippen molar-refractivity contribution >= 4 is 22.6 Å². The van der Waals surface area contributed by atoms with E-state index in [2.05, 4.69) is 10.1 Å². The van der Waals surface area contributed by atoms with Gasteiger partial charge in [0.15, 0.2) is 17.3 Å². The largest absolute Gasteiger partial charge is 0.493 e. The molecule has 0 bridgehead atoms. The number of aliphatic imine (C=N–C) groups is 1. The Morgan fingerprint density at radius 2 is 1.85 bits per heavy atom. The van der Waals surface area contributed by atoms with E-state index in [-0.39, 0.29) is 16.9 Å². The quantitative estimate of drug-likeness (QED) is 0.860. The summed E-state index contributed by atoms with van der Waals surface area (Å²) in [4.78, 5) is 17.3. The van der Waals surface area contributed by atoms with Gasteiger partial charge in [0.25, 0.3) is 5.56 Å². The lowest BCUT2D eigenvalue weighted by atomic mass is 10.0. The molecule has 1 atom stereocenters. The van der Waals surface area contributed by atoms with Gasteiger partial charge < -0.3 is 14.2 Å². The lowest BCUT2D eigenvalue weighted by Crippen LogP contribution is -2.14. The van der Waals surface area contributed by atoms with Crippen LogP contribution in [0, 0.1) is 0 Å². The van der Waals surface area contributed by atoms with Crippen molar-refractivity contribution in [2.45, 2.75) is 32.1 Å². The van der Waals surface area contributed by atoms with Gasteiger partial charge in [0.05, 0.1) is 37.2 Å². The van der Waals surface area contributed by atoms with Crippen LogP contribution in [0.15, 0.2) is 21.9 Å². The van der Waals surface area contributed by atoms with Crippen LogP contribution in [0.2, 0.25) is 0 Å². The Labute approximate surface area is 156 Å². The molecule has 1 aromatic heterocycles. The Morgan fingerprint density at radius 3 is 2.42 bits per heavy atom. The Kier molecular flexibility index (Phi) is 5.04. The molecule has 0 saturated carbocycles. The molecule has 0 saturated heterocycles. The minimum Gasteiger partial charge on any atom is -0.493 e. The highest BCUT2D eigenvalue weighted by atomic mass is 32.2. The number of H-pyrrole nitrogens is 1. The van der Waals surface area contributed by atoms with E-state index in [4.69, 9.17) is 14.2 Å². The van der Waals surface area contributed by atoms with Gasteiger partial charge in [-0.15, -0.1) is 0 Å². The van der Waals surface area contributed by atoms with Crippen LogP contribution in [0.1, 0.15) is 43.2 Å². The molecular weight excluding hydrogens is 354 g/mol. The van der Waals surface area contributed by atoms with E-state index in [1.165, 1.54) is 11.8 Å². The number of thioether (sulfide) groups is 1. The minimum atomic E-state index is -0.249. The monoisotopic (exact) mass is 377 g/mol. The average molecular weight is 377 g/mol. The van der Waals surface area contributed by atoms with Crippen LogP contribution in [0.25, 0.3) is 0 Å². The summed E-state index contributed by atoms with van der Waals surface area (Å²) in [7, 11) is 4.73. The van der Waals surface area contributed by atoms with E-state index in [1.54, 1.807) is 26.0 Å². The number of nitrogens with zero attached hydrogens (tertiary/aromatic N) is 2. The van der Waals surface area contributed by atoms with E-state index in [9.17, 15) is 4.79 Å². The van der Waals surface area contributed by atoms with Crippen LogP contribution in [0.3, 0.4) is 0 Å². The molecule has 0 radical (unpaired) electrons. The van der Waals surface area contributed by atoms with Crippen molar-refractivity contribution in [1.82, 2.24) is 9.78 Å². The van der Waals surface area contributed by atoms with Crippen LogP contribution in [-0.4, -0.2) is 36.2 Å². The molecule has 0 fully saturated rings. The van der Waals surface area contributed by atoms with Crippen molar-refractivity contribution in [2.75, 3.05) is 21.3 Å². The molecule has 1 aromatic carbocycles. The third-order valence-electron chi connectivity index (χ3n) is 4.28. The molecule has 0 spiro atoms. The van der Waals surface area contributed by atoms with E-state index in [0.717, 1.165) is 10.6 Å². The molecule has 0 amide bonds. The van der Waals surface area contributed by atoms with Crippen molar-refractivity contribution in [2.24, 2.45) is 4.99 Å². The van der Waals surface area contributed by atoms with Crippen molar-refractivity contribution in [1.29, 1.82) is 0 Å². The molecule has 26 heavy (non-hydrogen) atoms. The second-order valence-electron chi connectivity index (χ2n) is 6.19. The van der Waals surface area contributed by atoms with Crippen molar-refractivity contribution < 1.29 is 14.2 Å². The number of aromatic nitrogens is 2. The maximum atomic E-state index is 12.7. The normalized spacial score (nSPS) is 16.3. The molecular formula is C18H23N3O4S. The summed E-state index contributed by atoms with van der Waals surface area (Å²) >= 11 is 1.52. The Balaban J connectivity index is 2.25. The van der Waals surface area contributed by atoms with E-state index >= 15 is 0 Å². The first-order valence-electron chi connectivity index (χ1n) is 8.28. The fourth-order valence-electron chi connectivity index (χ4n) is 3.13. The second-order valence-corrected chi connectivity index (χ2v) is 7.49. The maximum absolute atomic E-state index is 12.7. The Hall–Kier alpha value is -2.35. The summed E-state index contributed by atoms with van der Waals surface area (Å²) in [5.74, 6) is 2.31. The van der Waals surface area contributed by atoms with Crippen LogP contribution in [0.4, 0.5) is 5.82 Å². The zero-order valence-electron chi connectivity index (χ0n) is 15.7. The van der Waals surface area contributed by atoms with Gasteiger partial charge >= 0.3 is 0 Å². The van der Waals surface area contributed by atoms with Gasteiger partial charge in [-0.25, -0.2) is 4.99 Å². The Morgan fingerprint density at radius 1 is 1.15 bits per heavy atom. The fourth-order valence-corrected chi connectivity index (χ4v) is 4.26. The van der Waals surface area contributed by atoms with Gasteiger partial charge in [-0.3, -0.25) is 14.6 Å². The smallest absolute Gasteiger partial charge is 0.271 e. The third-order valence-corrected chi connectivity index (χ3v) is 5.44. The minimum absolute atomic E-state index is 0.0963. The third kappa shape index (κ3) is 2.88. The van der Waals surface area contributed by atoms with Gasteiger partial charge in [0, 0.05) is 11.6 Å². The summed E-state index contributed by atoms with van der Waals surface area (Å²) in [5, 5.41) is 3.54. The van der Waals surface area contributed by atoms with E-state index in [0.29, 0.717) is 28.6 Å². The molecule has 2 aromatic rings. The lowest BCUT2D eigenvalue weighted by molar-refractivity contribution is 0.322. The first kappa shape index (κ1) is 18.4.